The van der Waals surface area contributed by atoms with Crippen LogP contribution in [0, 0.1) is 11.6 Å². The second-order valence-electron chi connectivity index (χ2n) is 7.26. The number of carbonyl (C=O) groups is 2. The van der Waals surface area contributed by atoms with Gasteiger partial charge in [-0.3, -0.25) is 14.0 Å². The molecule has 0 saturated carbocycles. The van der Waals surface area contributed by atoms with Crippen molar-refractivity contribution in [3.05, 3.63) is 65.6 Å². The van der Waals surface area contributed by atoms with Gasteiger partial charge >= 0.3 is 5.97 Å². The molecule has 4 rings (SSSR count). The first kappa shape index (κ1) is 20.8. The van der Waals surface area contributed by atoms with Gasteiger partial charge in [-0.15, -0.1) is 0 Å². The average Bonchev–Trinajstić information content (AvgIpc) is 3.40. The molecular formula is C22H22F2N4O3. The average molecular weight is 428 g/mol. The van der Waals surface area contributed by atoms with Crippen LogP contribution < -0.4 is 10.2 Å². The molecule has 3 heterocycles. The van der Waals surface area contributed by atoms with Crippen LogP contribution in [0.5, 0.6) is 0 Å². The number of nitrogens with one attached hydrogen (secondary N) is 1. The summed E-state index contributed by atoms with van der Waals surface area (Å²) in [7, 11) is 0. The molecule has 1 N–H and O–H groups in total. The summed E-state index contributed by atoms with van der Waals surface area (Å²) in [5, 5.41) is 2.52. The maximum atomic E-state index is 14.4. The highest BCUT2D eigenvalue weighted by Crippen LogP contribution is 2.37. The van der Waals surface area contributed by atoms with Gasteiger partial charge < -0.3 is 15.0 Å². The molecular weight excluding hydrogens is 406 g/mol. The summed E-state index contributed by atoms with van der Waals surface area (Å²) in [6.07, 6.45) is 4.69. The minimum atomic E-state index is -0.526. The molecule has 1 amide bonds. The third kappa shape index (κ3) is 4.21. The molecule has 9 heteroatoms. The fourth-order valence-corrected chi connectivity index (χ4v) is 3.93. The van der Waals surface area contributed by atoms with Crippen LogP contribution in [0.3, 0.4) is 0 Å². The Kier molecular flexibility index (Phi) is 5.83. The molecule has 2 aromatic heterocycles. The number of amides is 1. The molecule has 0 spiro atoms. The topological polar surface area (TPSA) is 75.9 Å². The van der Waals surface area contributed by atoms with Gasteiger partial charge in [-0.1, -0.05) is 0 Å². The molecule has 1 atom stereocenters. The quantitative estimate of drug-likeness (QED) is 0.610. The molecule has 3 aromatic rings. The van der Waals surface area contributed by atoms with Gasteiger partial charge in [0.1, 0.15) is 29.5 Å². The predicted molar refractivity (Wildman–Crippen MR) is 110 cm³/mol. The molecule has 1 fully saturated rings. The number of anilines is 1. The third-order valence-corrected chi connectivity index (χ3v) is 5.32. The van der Waals surface area contributed by atoms with Gasteiger partial charge in [0.25, 0.3) is 5.91 Å². The van der Waals surface area contributed by atoms with Crippen LogP contribution in [0.1, 0.15) is 41.9 Å². The summed E-state index contributed by atoms with van der Waals surface area (Å²) < 4.78 is 34.6. The standard InChI is InChI=1S/C22H22F2N4O3/c1-2-31-21(29)12-26-22(30)19-11-25-20-8-6-15(13-28(19)20)27-9-3-4-18(27)16-10-14(23)5-7-17(16)24/h5-8,10-11,13,18H,2-4,9,12H2,1H3,(H,26,30). The van der Waals surface area contributed by atoms with Crippen molar-refractivity contribution < 1.29 is 23.1 Å². The van der Waals surface area contributed by atoms with Crippen molar-refractivity contribution in [2.75, 3.05) is 24.6 Å². The molecule has 0 radical (unpaired) electrons. The number of benzene rings is 1. The number of hydrogen-bond donors (Lipinski definition) is 1. The van der Waals surface area contributed by atoms with Crippen LogP contribution in [-0.2, 0) is 9.53 Å². The molecule has 31 heavy (non-hydrogen) atoms. The molecule has 1 unspecified atom stereocenters. The van der Waals surface area contributed by atoms with Crippen LogP contribution in [0.4, 0.5) is 14.5 Å². The number of ether oxygens (including phenoxy) is 1. The van der Waals surface area contributed by atoms with Crippen LogP contribution in [0.25, 0.3) is 5.65 Å². The molecule has 0 aliphatic carbocycles. The Bertz CT molecular complexity index is 1130. The maximum Gasteiger partial charge on any atom is 0.325 e. The summed E-state index contributed by atoms with van der Waals surface area (Å²) in [6, 6.07) is 6.79. The van der Waals surface area contributed by atoms with Crippen molar-refractivity contribution in [3.8, 4) is 0 Å². The van der Waals surface area contributed by atoms with Crippen molar-refractivity contribution in [2.24, 2.45) is 0 Å². The zero-order chi connectivity index (χ0) is 22.0. The van der Waals surface area contributed by atoms with Gasteiger partial charge in [-0.25, -0.2) is 13.8 Å². The minimum absolute atomic E-state index is 0.233. The zero-order valence-corrected chi connectivity index (χ0v) is 17.0. The second-order valence-corrected chi connectivity index (χ2v) is 7.26. The number of esters is 1. The first-order valence-corrected chi connectivity index (χ1v) is 10.1. The predicted octanol–water partition coefficient (Wildman–Crippen LogP) is 3.25. The highest BCUT2D eigenvalue weighted by atomic mass is 19.1. The highest BCUT2D eigenvalue weighted by Gasteiger charge is 2.29. The Balaban J connectivity index is 1.61. The first-order chi connectivity index (χ1) is 15.0. The number of halogens is 2. The lowest BCUT2D eigenvalue weighted by Gasteiger charge is -2.27. The lowest BCUT2D eigenvalue weighted by Crippen LogP contribution is -2.31. The van der Waals surface area contributed by atoms with Crippen molar-refractivity contribution in [1.82, 2.24) is 14.7 Å². The van der Waals surface area contributed by atoms with E-state index in [0.29, 0.717) is 24.2 Å². The summed E-state index contributed by atoms with van der Waals surface area (Å²) in [4.78, 5) is 30.3. The number of imidazole rings is 1. The Morgan fingerprint density at radius 3 is 2.90 bits per heavy atom. The second kappa shape index (κ2) is 8.71. The van der Waals surface area contributed by atoms with E-state index in [2.05, 4.69) is 10.3 Å². The van der Waals surface area contributed by atoms with Crippen LogP contribution in [0.2, 0.25) is 0 Å². The molecule has 7 nitrogen and oxygen atoms in total. The fraction of sp³-hybridized carbons (Fsp3) is 0.318. The number of pyridine rings is 1. The monoisotopic (exact) mass is 428 g/mol. The van der Waals surface area contributed by atoms with Crippen LogP contribution >= 0.6 is 0 Å². The number of fused-ring (bicyclic) bond motifs is 1. The SMILES string of the molecule is CCOC(=O)CNC(=O)c1cnc2ccc(N3CCCC3c3cc(F)ccc3F)cn12. The Labute approximate surface area is 177 Å². The Morgan fingerprint density at radius 2 is 2.10 bits per heavy atom. The Hall–Kier alpha value is -3.49. The van der Waals surface area contributed by atoms with E-state index in [1.54, 1.807) is 23.6 Å². The number of nitrogens with zero attached hydrogens (tertiary/aromatic N) is 3. The Morgan fingerprint density at radius 1 is 1.26 bits per heavy atom. The minimum Gasteiger partial charge on any atom is -0.465 e. The van der Waals surface area contributed by atoms with Gasteiger partial charge in [0.2, 0.25) is 0 Å². The summed E-state index contributed by atoms with van der Waals surface area (Å²) in [5.41, 5.74) is 1.89. The lowest BCUT2D eigenvalue weighted by molar-refractivity contribution is -0.141. The van der Waals surface area contributed by atoms with E-state index in [-0.39, 0.29) is 24.9 Å². The van der Waals surface area contributed by atoms with Crippen LogP contribution in [-0.4, -0.2) is 41.0 Å². The van der Waals surface area contributed by atoms with Gasteiger partial charge in [0, 0.05) is 18.3 Å². The molecule has 162 valence electrons. The highest BCUT2D eigenvalue weighted by molar-refractivity contribution is 5.95. The number of carbonyl (C=O) groups excluding carboxylic acids is 2. The van der Waals surface area contributed by atoms with Gasteiger partial charge in [0.05, 0.1) is 24.5 Å². The normalized spacial score (nSPS) is 16.0. The summed E-state index contributed by atoms with van der Waals surface area (Å²) in [5.74, 6) is -1.91. The van der Waals surface area contributed by atoms with Crippen molar-refractivity contribution in [3.63, 3.8) is 0 Å². The van der Waals surface area contributed by atoms with E-state index in [1.165, 1.54) is 12.3 Å². The van der Waals surface area contributed by atoms with Crippen molar-refractivity contribution >= 4 is 23.2 Å². The third-order valence-electron chi connectivity index (χ3n) is 5.32. The number of rotatable bonds is 6. The smallest absolute Gasteiger partial charge is 0.325 e. The zero-order valence-electron chi connectivity index (χ0n) is 17.0. The number of hydrogen-bond acceptors (Lipinski definition) is 5. The van der Waals surface area contributed by atoms with Gasteiger partial charge in [-0.2, -0.15) is 0 Å². The fourth-order valence-electron chi connectivity index (χ4n) is 3.93. The summed E-state index contributed by atoms with van der Waals surface area (Å²) >= 11 is 0. The molecule has 1 aliphatic rings. The van der Waals surface area contributed by atoms with Crippen molar-refractivity contribution in [2.45, 2.75) is 25.8 Å². The van der Waals surface area contributed by atoms with E-state index >= 15 is 0 Å². The van der Waals surface area contributed by atoms with E-state index in [4.69, 9.17) is 4.74 Å². The maximum absolute atomic E-state index is 14.4. The lowest BCUT2D eigenvalue weighted by atomic mass is 10.0. The summed E-state index contributed by atoms with van der Waals surface area (Å²) in [6.45, 7) is 2.35. The molecule has 0 bridgehead atoms. The van der Waals surface area contributed by atoms with Crippen molar-refractivity contribution in [1.29, 1.82) is 0 Å². The van der Waals surface area contributed by atoms with Gasteiger partial charge in [-0.05, 0) is 50.1 Å². The van der Waals surface area contributed by atoms with Gasteiger partial charge in [0.15, 0.2) is 0 Å². The molecule has 1 aromatic carbocycles. The van der Waals surface area contributed by atoms with E-state index in [0.717, 1.165) is 24.2 Å². The first-order valence-electron chi connectivity index (χ1n) is 10.1. The largest absolute Gasteiger partial charge is 0.465 e. The molecule has 1 aliphatic heterocycles. The van der Waals surface area contributed by atoms with E-state index in [1.807, 2.05) is 11.0 Å². The van der Waals surface area contributed by atoms with E-state index in [9.17, 15) is 18.4 Å². The molecule has 1 saturated heterocycles. The van der Waals surface area contributed by atoms with E-state index < -0.39 is 23.5 Å². The number of aromatic nitrogens is 2. The van der Waals surface area contributed by atoms with Crippen LogP contribution in [0.15, 0.2) is 42.7 Å².